The fourth-order valence-electron chi connectivity index (χ4n) is 3.17. The van der Waals surface area contributed by atoms with Crippen LogP contribution in [0.25, 0.3) is 0 Å². The fraction of sp³-hybridized carbons (Fsp3) is 0.667. The van der Waals surface area contributed by atoms with Crippen LogP contribution < -0.4 is 10.1 Å². The highest BCUT2D eigenvalue weighted by molar-refractivity contribution is 5.28. The van der Waals surface area contributed by atoms with Crippen molar-refractivity contribution < 1.29 is 4.74 Å². The summed E-state index contributed by atoms with van der Waals surface area (Å²) in [5.41, 5.74) is 1.29. The molecule has 118 valence electrons. The van der Waals surface area contributed by atoms with Crippen LogP contribution in [-0.2, 0) is 6.54 Å². The van der Waals surface area contributed by atoms with Gasteiger partial charge in [0.15, 0.2) is 0 Å². The molecule has 3 heteroatoms. The number of benzene rings is 1. The van der Waals surface area contributed by atoms with Gasteiger partial charge < -0.3 is 15.0 Å². The van der Waals surface area contributed by atoms with Crippen LogP contribution in [0.2, 0.25) is 0 Å². The Labute approximate surface area is 129 Å². The Bertz CT molecular complexity index is 402. The Morgan fingerprint density at radius 2 is 2.05 bits per heavy atom. The van der Waals surface area contributed by atoms with E-state index >= 15 is 0 Å². The topological polar surface area (TPSA) is 24.5 Å². The molecule has 21 heavy (non-hydrogen) atoms. The van der Waals surface area contributed by atoms with Crippen LogP contribution in [0.5, 0.6) is 5.75 Å². The maximum Gasteiger partial charge on any atom is 0.119 e. The Morgan fingerprint density at radius 1 is 1.24 bits per heavy atom. The van der Waals surface area contributed by atoms with Gasteiger partial charge in [0.2, 0.25) is 0 Å². The van der Waals surface area contributed by atoms with Crippen molar-refractivity contribution >= 4 is 0 Å². The maximum absolute atomic E-state index is 5.25. The van der Waals surface area contributed by atoms with Crippen LogP contribution >= 0.6 is 0 Å². The molecule has 0 amide bonds. The Morgan fingerprint density at radius 3 is 2.81 bits per heavy atom. The van der Waals surface area contributed by atoms with Gasteiger partial charge in [-0.1, -0.05) is 31.4 Å². The predicted molar refractivity (Wildman–Crippen MR) is 88.8 cm³/mol. The molecular weight excluding hydrogens is 260 g/mol. The predicted octanol–water partition coefficient (Wildman–Crippen LogP) is 3.44. The molecule has 1 N–H and O–H groups in total. The summed E-state index contributed by atoms with van der Waals surface area (Å²) in [7, 11) is 4.01. The van der Waals surface area contributed by atoms with E-state index in [-0.39, 0.29) is 0 Å². The average molecular weight is 290 g/mol. The molecule has 2 rings (SSSR count). The number of methoxy groups -OCH3 is 1. The molecular formula is C18H30N2O. The van der Waals surface area contributed by atoms with E-state index in [0.717, 1.165) is 24.9 Å². The number of nitrogens with one attached hydrogen (secondary N) is 1. The van der Waals surface area contributed by atoms with Crippen molar-refractivity contribution in [2.75, 3.05) is 27.2 Å². The summed E-state index contributed by atoms with van der Waals surface area (Å²) in [5, 5.41) is 3.53. The van der Waals surface area contributed by atoms with E-state index in [4.69, 9.17) is 4.74 Å². The molecule has 1 aromatic rings. The van der Waals surface area contributed by atoms with Crippen molar-refractivity contribution in [2.24, 2.45) is 0 Å². The molecule has 0 unspecified atom stereocenters. The van der Waals surface area contributed by atoms with Gasteiger partial charge in [-0.2, -0.15) is 0 Å². The van der Waals surface area contributed by atoms with E-state index in [9.17, 15) is 0 Å². The van der Waals surface area contributed by atoms with E-state index in [1.807, 2.05) is 12.1 Å². The first-order valence-electron chi connectivity index (χ1n) is 8.33. The number of hydrogen-bond donors (Lipinski definition) is 1. The highest BCUT2D eigenvalue weighted by Crippen LogP contribution is 2.21. The maximum atomic E-state index is 5.25. The van der Waals surface area contributed by atoms with Crippen LogP contribution in [0.15, 0.2) is 24.3 Å². The van der Waals surface area contributed by atoms with Gasteiger partial charge in [0, 0.05) is 12.6 Å². The Kier molecular flexibility index (Phi) is 7.04. The third kappa shape index (κ3) is 5.68. The molecule has 1 saturated carbocycles. The first-order chi connectivity index (χ1) is 10.3. The van der Waals surface area contributed by atoms with Gasteiger partial charge in [0.1, 0.15) is 5.75 Å². The van der Waals surface area contributed by atoms with Gasteiger partial charge in [-0.3, -0.25) is 0 Å². The smallest absolute Gasteiger partial charge is 0.119 e. The van der Waals surface area contributed by atoms with E-state index in [0.29, 0.717) is 0 Å². The molecule has 0 aliphatic heterocycles. The summed E-state index contributed by atoms with van der Waals surface area (Å²) in [6, 6.07) is 9.11. The highest BCUT2D eigenvalue weighted by Gasteiger charge is 2.16. The van der Waals surface area contributed by atoms with Crippen LogP contribution in [0.3, 0.4) is 0 Å². The summed E-state index contributed by atoms with van der Waals surface area (Å²) in [6.07, 6.45) is 8.29. The van der Waals surface area contributed by atoms with Crippen molar-refractivity contribution in [3.8, 4) is 5.75 Å². The van der Waals surface area contributed by atoms with Crippen molar-refractivity contribution in [3.63, 3.8) is 0 Å². The van der Waals surface area contributed by atoms with Gasteiger partial charge in [0.25, 0.3) is 0 Å². The summed E-state index contributed by atoms with van der Waals surface area (Å²) in [6.45, 7) is 3.20. The molecule has 0 saturated heterocycles. The van der Waals surface area contributed by atoms with Gasteiger partial charge >= 0.3 is 0 Å². The average Bonchev–Trinajstić information content (AvgIpc) is 2.55. The Balaban J connectivity index is 1.58. The molecule has 1 aliphatic rings. The van der Waals surface area contributed by atoms with Crippen LogP contribution in [0.4, 0.5) is 0 Å². The summed E-state index contributed by atoms with van der Waals surface area (Å²) >= 11 is 0. The molecule has 0 aromatic heterocycles. The molecule has 3 nitrogen and oxygen atoms in total. The first kappa shape index (κ1) is 16.3. The number of rotatable bonds is 8. The van der Waals surface area contributed by atoms with Crippen LogP contribution in [-0.4, -0.2) is 38.2 Å². The summed E-state index contributed by atoms with van der Waals surface area (Å²) < 4.78 is 5.25. The minimum absolute atomic E-state index is 0.831. The second kappa shape index (κ2) is 9.06. The van der Waals surface area contributed by atoms with Crippen molar-refractivity contribution in [2.45, 2.75) is 51.1 Å². The second-order valence-electron chi connectivity index (χ2n) is 6.15. The molecule has 0 atom stereocenters. The summed E-state index contributed by atoms with van der Waals surface area (Å²) in [4.78, 5) is 2.56. The molecule has 1 aliphatic carbocycles. The van der Waals surface area contributed by atoms with Crippen molar-refractivity contribution in [1.29, 1.82) is 0 Å². The molecule has 0 heterocycles. The number of hydrogen-bond acceptors (Lipinski definition) is 3. The van der Waals surface area contributed by atoms with Crippen molar-refractivity contribution in [3.05, 3.63) is 29.8 Å². The molecule has 1 fully saturated rings. The molecule has 1 aromatic carbocycles. The molecule has 0 spiro atoms. The second-order valence-corrected chi connectivity index (χ2v) is 6.15. The normalized spacial score (nSPS) is 16.3. The first-order valence-corrected chi connectivity index (χ1v) is 8.33. The van der Waals surface area contributed by atoms with Crippen molar-refractivity contribution in [1.82, 2.24) is 10.2 Å². The van der Waals surface area contributed by atoms with Gasteiger partial charge in [0.05, 0.1) is 7.11 Å². The standard InChI is InChI=1S/C18H30N2O/c1-20(17-9-4-3-5-10-17)13-7-12-19-15-16-8-6-11-18(14-16)21-2/h6,8,11,14,17,19H,3-5,7,9-10,12-13,15H2,1-2H3. The lowest BCUT2D eigenvalue weighted by atomic mass is 9.94. The van der Waals surface area contributed by atoms with E-state index in [1.165, 1.54) is 50.6 Å². The largest absolute Gasteiger partial charge is 0.497 e. The zero-order chi connectivity index (χ0) is 14.9. The number of ether oxygens (including phenoxy) is 1. The van der Waals surface area contributed by atoms with Crippen LogP contribution in [0, 0.1) is 0 Å². The zero-order valence-electron chi connectivity index (χ0n) is 13.6. The monoisotopic (exact) mass is 290 g/mol. The minimum Gasteiger partial charge on any atom is -0.497 e. The van der Waals surface area contributed by atoms with E-state index in [1.54, 1.807) is 7.11 Å². The quantitative estimate of drug-likeness (QED) is 0.742. The minimum atomic E-state index is 0.831. The van der Waals surface area contributed by atoms with Crippen LogP contribution in [0.1, 0.15) is 44.1 Å². The van der Waals surface area contributed by atoms with E-state index in [2.05, 4.69) is 29.4 Å². The van der Waals surface area contributed by atoms with E-state index < -0.39 is 0 Å². The molecule has 0 bridgehead atoms. The third-order valence-electron chi connectivity index (χ3n) is 4.53. The lowest BCUT2D eigenvalue weighted by Crippen LogP contribution is -2.35. The Hall–Kier alpha value is -1.06. The lowest BCUT2D eigenvalue weighted by molar-refractivity contribution is 0.189. The lowest BCUT2D eigenvalue weighted by Gasteiger charge is -2.31. The SMILES string of the molecule is COc1cccc(CNCCCN(C)C2CCCCC2)c1. The van der Waals surface area contributed by atoms with Gasteiger partial charge in [-0.05, 0) is 57.1 Å². The van der Waals surface area contributed by atoms with Gasteiger partial charge in [-0.25, -0.2) is 0 Å². The van der Waals surface area contributed by atoms with Gasteiger partial charge in [-0.15, -0.1) is 0 Å². The zero-order valence-corrected chi connectivity index (χ0v) is 13.6. The fourth-order valence-corrected chi connectivity index (χ4v) is 3.17. The summed E-state index contributed by atoms with van der Waals surface area (Å²) in [5.74, 6) is 0.936. The molecule has 0 radical (unpaired) electrons. The third-order valence-corrected chi connectivity index (χ3v) is 4.53. The number of nitrogens with zero attached hydrogens (tertiary/aromatic N) is 1. The highest BCUT2D eigenvalue weighted by atomic mass is 16.5.